The molecule has 0 atom stereocenters. The van der Waals surface area contributed by atoms with E-state index in [1.807, 2.05) is 102 Å². The molecule has 0 bridgehead atoms. The van der Waals surface area contributed by atoms with E-state index in [1.54, 1.807) is 51.9 Å². The van der Waals surface area contributed by atoms with Crippen molar-refractivity contribution in [2.75, 3.05) is 91.3 Å². The zero-order valence-electron chi connectivity index (χ0n) is 54.7. The maximum atomic E-state index is 13.4. The molecule has 0 unspecified atom stereocenters. The van der Waals surface area contributed by atoms with E-state index in [0.29, 0.717) is 69.7 Å². The van der Waals surface area contributed by atoms with Crippen LogP contribution in [0.5, 0.6) is 5.75 Å². The van der Waals surface area contributed by atoms with Gasteiger partial charge in [0.05, 0.1) is 37.6 Å². The van der Waals surface area contributed by atoms with Crippen LogP contribution in [0.25, 0.3) is 82.4 Å². The molecule has 8 aromatic heterocycles. The van der Waals surface area contributed by atoms with E-state index in [0.717, 1.165) is 116 Å². The standard InChI is InChI=1S/C16H18N2O2.C14H14F2N2O2S.C14H15N3O.2C13H15N3O2S/c1-11(19)18-8-6-12(7-9-18)13-10-17-14-4-3-5-15(20-2)16(13)14;1-21(19,20)18-4-2-9(3-5-18)11-8-17-14-7-13(16)12(15)6-10(11)14;1-10(18)17-6-3-11(4-7-17)12-9-16-14-2-5-15-8-13(12)14;1-19(17,18)16-6-3-10(4-7-16)11-9-15-13-2-5-14-8-12(11)13;1-19(17,18)16-6-3-10(4-7-16)12-8-15-13-9-14-5-2-11(12)13/h3-6,10,17H,7-9H2,1-2H3;2,6-8,17H,3-5H2,1H3;2-3,5,8-9,16H,4,6-7H2,1H3;2*2-3,5,8-9,15H,4,6-7H2,1H3. The van der Waals surface area contributed by atoms with Gasteiger partial charge >= 0.3 is 0 Å². The predicted molar refractivity (Wildman–Crippen MR) is 378 cm³/mol. The lowest BCUT2D eigenvalue weighted by atomic mass is 9.98. The maximum Gasteiger partial charge on any atom is 0.219 e. The molecule has 5 aliphatic heterocycles. The quantitative estimate of drug-likeness (QED) is 0.0902. The number of halogens is 2. The molecule has 0 saturated carbocycles. The van der Waals surface area contributed by atoms with Gasteiger partial charge in [0.25, 0.3) is 0 Å². The van der Waals surface area contributed by atoms with Gasteiger partial charge in [-0.25, -0.2) is 34.0 Å². The fourth-order valence-corrected chi connectivity index (χ4v) is 14.9. The molecule has 0 saturated heterocycles. The van der Waals surface area contributed by atoms with Crippen molar-refractivity contribution in [2.45, 2.75) is 46.0 Å². The lowest BCUT2D eigenvalue weighted by Crippen LogP contribution is -2.33. The largest absolute Gasteiger partial charge is 0.496 e. The van der Waals surface area contributed by atoms with Gasteiger partial charge in [-0.3, -0.25) is 24.5 Å². The number of carbonyl (C=O) groups is 2. The molecule has 5 N–H and O–H groups in total. The highest BCUT2D eigenvalue weighted by Gasteiger charge is 2.26. The van der Waals surface area contributed by atoms with Crippen LogP contribution in [0.3, 0.4) is 0 Å². The van der Waals surface area contributed by atoms with Crippen molar-refractivity contribution in [2.24, 2.45) is 0 Å². The number of benzene rings is 2. The number of nitrogens with one attached hydrogen (secondary N) is 5. The fraction of sp³-hybridized carbons (Fsp3) is 0.300. The molecule has 0 aliphatic carbocycles. The van der Waals surface area contributed by atoms with Crippen LogP contribution in [0, 0.1) is 11.6 Å². The maximum absolute atomic E-state index is 13.4. The van der Waals surface area contributed by atoms with E-state index >= 15 is 0 Å². The number of sulfonamides is 3. The molecular formula is C70H77F2N13O9S3. The van der Waals surface area contributed by atoms with E-state index in [4.69, 9.17) is 4.74 Å². The Balaban J connectivity index is 0.000000123. The first kappa shape index (κ1) is 69.0. The van der Waals surface area contributed by atoms with Gasteiger partial charge in [-0.05, 0) is 96.4 Å². The summed E-state index contributed by atoms with van der Waals surface area (Å²) in [5, 5.41) is 5.10. The Bertz CT molecular complexity index is 4990. The summed E-state index contributed by atoms with van der Waals surface area (Å²) >= 11 is 0. The van der Waals surface area contributed by atoms with Crippen LogP contribution < -0.4 is 4.74 Å². The van der Waals surface area contributed by atoms with Crippen LogP contribution in [0.15, 0.2) is 147 Å². The molecule has 27 heteroatoms. The van der Waals surface area contributed by atoms with Gasteiger partial charge < -0.3 is 39.5 Å². The summed E-state index contributed by atoms with van der Waals surface area (Å²) in [7, 11) is -7.69. The smallest absolute Gasteiger partial charge is 0.219 e. The third-order valence-corrected chi connectivity index (χ3v) is 21.8. The minimum absolute atomic E-state index is 0.136. The van der Waals surface area contributed by atoms with E-state index < -0.39 is 41.7 Å². The van der Waals surface area contributed by atoms with Crippen molar-refractivity contribution in [3.8, 4) is 5.75 Å². The van der Waals surface area contributed by atoms with Crippen LogP contribution in [0.1, 0.15) is 73.8 Å². The topological polar surface area (TPSA) is 280 Å². The van der Waals surface area contributed by atoms with Gasteiger partial charge in [0.15, 0.2) is 11.6 Å². The van der Waals surface area contributed by atoms with Crippen molar-refractivity contribution < 1.29 is 48.4 Å². The number of aromatic nitrogens is 8. The molecule has 15 rings (SSSR count). The number of hydrogen-bond acceptors (Lipinski definition) is 12. The number of nitrogens with zero attached hydrogens (tertiary/aromatic N) is 8. The normalized spacial score (nSPS) is 16.7. The Hall–Kier alpha value is -9.38. The summed E-state index contributed by atoms with van der Waals surface area (Å²) in [6, 6.07) is 14.2. The molecule has 0 fully saturated rings. The highest BCUT2D eigenvalue weighted by atomic mass is 32.2. The van der Waals surface area contributed by atoms with Gasteiger partial charge in [-0.15, -0.1) is 0 Å². The second-order valence-corrected chi connectivity index (χ2v) is 30.1. The number of amides is 2. The first-order valence-corrected chi connectivity index (χ1v) is 37.1. The second kappa shape index (κ2) is 29.5. The van der Waals surface area contributed by atoms with Crippen molar-refractivity contribution >= 4 is 124 Å². The molecule has 2 amide bonds. The highest BCUT2D eigenvalue weighted by Crippen LogP contribution is 2.37. The summed E-state index contributed by atoms with van der Waals surface area (Å²) in [5.74, 6) is -0.620. The number of carbonyl (C=O) groups excluding carboxylic acids is 2. The summed E-state index contributed by atoms with van der Waals surface area (Å²) in [4.78, 5) is 54.6. The minimum Gasteiger partial charge on any atom is -0.496 e. The molecule has 0 spiro atoms. The zero-order chi connectivity index (χ0) is 68.8. The number of H-pyrrole nitrogens is 5. The zero-order valence-corrected chi connectivity index (χ0v) is 57.1. The molecule has 0 radical (unpaired) electrons. The summed E-state index contributed by atoms with van der Waals surface area (Å²) in [6.45, 7) is 8.88. The number of methoxy groups -OCH3 is 1. The van der Waals surface area contributed by atoms with Crippen molar-refractivity contribution in [1.29, 1.82) is 0 Å². The number of aromatic amines is 5. The Morgan fingerprint density at radius 1 is 0.433 bits per heavy atom. The van der Waals surface area contributed by atoms with Crippen LogP contribution in [0.4, 0.5) is 8.78 Å². The number of hydrogen-bond donors (Lipinski definition) is 5. The summed E-state index contributed by atoms with van der Waals surface area (Å²) in [5.41, 5.74) is 16.1. The first-order chi connectivity index (χ1) is 46.4. The molecule has 508 valence electrons. The Morgan fingerprint density at radius 3 is 1.25 bits per heavy atom. The lowest BCUT2D eigenvalue weighted by Gasteiger charge is -2.25. The van der Waals surface area contributed by atoms with Crippen LogP contribution in [-0.2, 0) is 39.7 Å². The Morgan fingerprint density at radius 2 is 0.814 bits per heavy atom. The highest BCUT2D eigenvalue weighted by molar-refractivity contribution is 7.88. The molecular weight excluding hydrogens is 1300 g/mol. The van der Waals surface area contributed by atoms with Gasteiger partial charge in [0.1, 0.15) is 5.75 Å². The number of rotatable bonds is 9. The van der Waals surface area contributed by atoms with Gasteiger partial charge in [-0.1, -0.05) is 36.4 Å². The lowest BCUT2D eigenvalue weighted by molar-refractivity contribution is -0.129. The molecule has 5 aliphatic rings. The summed E-state index contributed by atoms with van der Waals surface area (Å²) in [6.07, 6.45) is 38.1. The van der Waals surface area contributed by atoms with Crippen LogP contribution in [0.2, 0.25) is 0 Å². The Kier molecular flexibility index (Phi) is 21.0. The van der Waals surface area contributed by atoms with Gasteiger partial charge in [0, 0.05) is 224 Å². The van der Waals surface area contributed by atoms with Gasteiger partial charge in [-0.2, -0.15) is 12.9 Å². The number of ether oxygens (including phenoxy) is 1. The molecule has 97 heavy (non-hydrogen) atoms. The van der Waals surface area contributed by atoms with Crippen LogP contribution in [-0.4, -0.2) is 191 Å². The monoisotopic (exact) mass is 1380 g/mol. The first-order valence-electron chi connectivity index (χ1n) is 31.6. The number of pyridine rings is 3. The third-order valence-electron chi connectivity index (χ3n) is 18.0. The average Bonchev–Trinajstić information content (AvgIpc) is 1.70. The minimum atomic E-state index is -3.20. The summed E-state index contributed by atoms with van der Waals surface area (Å²) < 4.78 is 105. The van der Waals surface area contributed by atoms with E-state index in [-0.39, 0.29) is 11.8 Å². The average molecular weight is 1380 g/mol. The van der Waals surface area contributed by atoms with Crippen molar-refractivity contribution in [3.05, 3.63) is 187 Å². The predicted octanol–water partition coefficient (Wildman–Crippen LogP) is 10.7. The van der Waals surface area contributed by atoms with E-state index in [9.17, 15) is 43.6 Å². The molecule has 2 aromatic carbocycles. The van der Waals surface area contributed by atoms with Crippen molar-refractivity contribution in [1.82, 2.24) is 62.6 Å². The van der Waals surface area contributed by atoms with E-state index in [2.05, 4.69) is 52.0 Å². The second-order valence-electron chi connectivity index (χ2n) is 24.2. The molecule has 13 heterocycles. The molecule has 10 aromatic rings. The SMILES string of the molecule is CC(=O)N1CC=C(c2c[nH]c3ccncc23)CC1.COc1cccc2[nH]cc(C3=CCN(C(C)=O)CC3)c12.CS(=O)(=O)N1CC=C(c2c[nH]c3cc(F)c(F)cc23)CC1.CS(=O)(=O)N1CC=C(c2c[nH]c3ccncc23)CC1.CS(=O)(=O)N1CC=C(c2c[nH]c3cnccc23)CC1. The van der Waals surface area contributed by atoms with Gasteiger partial charge in [0.2, 0.25) is 41.9 Å². The number of fused-ring (bicyclic) bond motifs is 5. The molecule has 22 nitrogen and oxygen atoms in total. The fourth-order valence-electron chi connectivity index (χ4n) is 12.6. The van der Waals surface area contributed by atoms with E-state index in [1.165, 1.54) is 71.2 Å². The Labute approximate surface area is 561 Å². The van der Waals surface area contributed by atoms with Crippen molar-refractivity contribution in [3.63, 3.8) is 0 Å². The third kappa shape index (κ3) is 16.0. The van der Waals surface area contributed by atoms with Crippen LogP contribution >= 0.6 is 0 Å².